The van der Waals surface area contributed by atoms with Gasteiger partial charge in [-0.1, -0.05) is 29.3 Å². The molecule has 0 bridgehead atoms. The molecule has 6 heteroatoms. The molecule has 2 aromatic rings. The van der Waals surface area contributed by atoms with E-state index >= 15 is 0 Å². The molecule has 20 heavy (non-hydrogen) atoms. The lowest BCUT2D eigenvalue weighted by molar-refractivity contribution is 0.0783. The van der Waals surface area contributed by atoms with Gasteiger partial charge < -0.3 is 4.90 Å². The maximum absolute atomic E-state index is 12.3. The molecule has 1 aromatic carbocycles. The van der Waals surface area contributed by atoms with Gasteiger partial charge in [0.1, 0.15) is 0 Å². The topological polar surface area (TPSA) is 38.1 Å². The first kappa shape index (κ1) is 14.9. The van der Waals surface area contributed by atoms with E-state index in [9.17, 15) is 4.79 Å². The largest absolute Gasteiger partial charge is 0.336 e. The number of hydrogen-bond acceptors (Lipinski definition) is 2. The molecule has 1 heterocycles. The number of carbonyl (C=O) groups is 1. The minimum absolute atomic E-state index is 0.177. The van der Waals surface area contributed by atoms with Crippen LogP contribution in [0, 0.1) is 0 Å². The molecular weight excluding hydrogens is 297 g/mol. The van der Waals surface area contributed by atoms with E-state index in [1.807, 2.05) is 23.9 Å². The van der Waals surface area contributed by atoms with Gasteiger partial charge in [-0.05, 0) is 25.1 Å². The Hall–Kier alpha value is -1.52. The summed E-state index contributed by atoms with van der Waals surface area (Å²) in [6, 6.07) is 6.93. The van der Waals surface area contributed by atoms with E-state index in [0.717, 1.165) is 12.2 Å². The second-order valence-electron chi connectivity index (χ2n) is 4.43. The fraction of sp³-hybridized carbons (Fsp3) is 0.286. The van der Waals surface area contributed by atoms with Crippen molar-refractivity contribution in [3.8, 4) is 0 Å². The lowest BCUT2D eigenvalue weighted by Gasteiger charge is -2.17. The van der Waals surface area contributed by atoms with Crippen LogP contribution in [-0.2, 0) is 13.1 Å². The minimum atomic E-state index is -0.177. The lowest BCUT2D eigenvalue weighted by Crippen LogP contribution is -2.26. The van der Waals surface area contributed by atoms with Gasteiger partial charge in [-0.15, -0.1) is 0 Å². The monoisotopic (exact) mass is 311 g/mol. The number of aromatic nitrogens is 2. The molecule has 0 aliphatic carbocycles. The average Bonchev–Trinajstić information content (AvgIpc) is 2.88. The summed E-state index contributed by atoms with van der Waals surface area (Å²) < 4.78 is 1.82. The van der Waals surface area contributed by atoms with Gasteiger partial charge in [0.05, 0.1) is 27.8 Å². The zero-order chi connectivity index (χ0) is 14.7. The third-order valence-corrected chi connectivity index (χ3v) is 3.77. The predicted molar refractivity (Wildman–Crippen MR) is 80.2 cm³/mol. The predicted octanol–water partition coefficient (Wildman–Crippen LogP) is 3.48. The van der Waals surface area contributed by atoms with Gasteiger partial charge in [0, 0.05) is 19.8 Å². The van der Waals surface area contributed by atoms with Crippen LogP contribution in [0.25, 0.3) is 0 Å². The standard InChI is InChI=1S/C14H15Cl2N3O/c1-3-19-8-7-10(17-19)9-18(2)14(20)11-5-4-6-12(15)13(11)16/h4-8H,3,9H2,1-2H3. The summed E-state index contributed by atoms with van der Waals surface area (Å²) >= 11 is 12.0. The fourth-order valence-electron chi connectivity index (χ4n) is 1.85. The van der Waals surface area contributed by atoms with E-state index in [4.69, 9.17) is 23.2 Å². The van der Waals surface area contributed by atoms with Gasteiger partial charge in [-0.2, -0.15) is 5.10 Å². The molecule has 1 amide bonds. The van der Waals surface area contributed by atoms with Crippen molar-refractivity contribution in [3.63, 3.8) is 0 Å². The Morgan fingerprint density at radius 3 is 2.75 bits per heavy atom. The quantitative estimate of drug-likeness (QED) is 0.867. The molecule has 0 saturated heterocycles. The molecule has 2 rings (SSSR count). The molecule has 106 valence electrons. The average molecular weight is 312 g/mol. The Bertz CT molecular complexity index is 625. The second kappa shape index (κ2) is 6.29. The molecular formula is C14H15Cl2N3O. The number of amides is 1. The number of hydrogen-bond donors (Lipinski definition) is 0. The van der Waals surface area contributed by atoms with Crippen LogP contribution in [-0.4, -0.2) is 27.6 Å². The van der Waals surface area contributed by atoms with Crippen molar-refractivity contribution in [3.05, 3.63) is 51.8 Å². The summed E-state index contributed by atoms with van der Waals surface area (Å²) in [5, 5.41) is 5.01. The Labute approximate surface area is 127 Å². The van der Waals surface area contributed by atoms with Gasteiger partial charge in [0.15, 0.2) is 0 Å². The summed E-state index contributed by atoms with van der Waals surface area (Å²) in [7, 11) is 1.71. The van der Waals surface area contributed by atoms with Gasteiger partial charge in [-0.3, -0.25) is 9.48 Å². The highest BCUT2D eigenvalue weighted by Crippen LogP contribution is 2.26. The van der Waals surface area contributed by atoms with Crippen LogP contribution in [0.4, 0.5) is 0 Å². The summed E-state index contributed by atoms with van der Waals surface area (Å²) in [6.07, 6.45) is 1.89. The zero-order valence-electron chi connectivity index (χ0n) is 11.3. The molecule has 1 aromatic heterocycles. The van der Waals surface area contributed by atoms with Gasteiger partial charge in [0.25, 0.3) is 5.91 Å². The van der Waals surface area contributed by atoms with Crippen molar-refractivity contribution in [1.29, 1.82) is 0 Å². The molecule has 0 aliphatic rings. The van der Waals surface area contributed by atoms with Crippen LogP contribution in [0.5, 0.6) is 0 Å². The Kier molecular flexibility index (Phi) is 4.68. The third-order valence-electron chi connectivity index (χ3n) is 2.95. The summed E-state index contributed by atoms with van der Waals surface area (Å²) in [5.41, 5.74) is 1.23. The van der Waals surface area contributed by atoms with Crippen molar-refractivity contribution < 1.29 is 4.79 Å². The van der Waals surface area contributed by atoms with Gasteiger partial charge in [0.2, 0.25) is 0 Å². The van der Waals surface area contributed by atoms with Crippen molar-refractivity contribution >= 4 is 29.1 Å². The van der Waals surface area contributed by atoms with E-state index in [1.165, 1.54) is 0 Å². The van der Waals surface area contributed by atoms with Gasteiger partial charge >= 0.3 is 0 Å². The van der Waals surface area contributed by atoms with Crippen molar-refractivity contribution in [2.75, 3.05) is 7.05 Å². The van der Waals surface area contributed by atoms with E-state index in [-0.39, 0.29) is 10.9 Å². The SMILES string of the molecule is CCn1ccc(CN(C)C(=O)c2cccc(Cl)c2Cl)n1. The summed E-state index contributed by atoms with van der Waals surface area (Å²) in [5.74, 6) is -0.177. The highest BCUT2D eigenvalue weighted by molar-refractivity contribution is 6.43. The molecule has 0 unspecified atom stereocenters. The van der Waals surface area contributed by atoms with Crippen LogP contribution in [0.1, 0.15) is 23.0 Å². The van der Waals surface area contributed by atoms with E-state index < -0.39 is 0 Å². The fourth-order valence-corrected chi connectivity index (χ4v) is 2.23. The molecule has 0 spiro atoms. The third kappa shape index (κ3) is 3.14. The number of rotatable bonds is 4. The smallest absolute Gasteiger partial charge is 0.255 e. The molecule has 0 atom stereocenters. The summed E-state index contributed by atoms with van der Waals surface area (Å²) in [4.78, 5) is 13.9. The lowest BCUT2D eigenvalue weighted by atomic mass is 10.2. The molecule has 0 radical (unpaired) electrons. The molecule has 0 saturated carbocycles. The Morgan fingerprint density at radius 2 is 2.10 bits per heavy atom. The normalized spacial score (nSPS) is 10.6. The van der Waals surface area contributed by atoms with Crippen LogP contribution in [0.2, 0.25) is 10.0 Å². The van der Waals surface area contributed by atoms with E-state index in [0.29, 0.717) is 17.1 Å². The molecule has 0 N–H and O–H groups in total. The molecule has 0 fully saturated rings. The first-order chi connectivity index (χ1) is 9.52. The van der Waals surface area contributed by atoms with Crippen molar-refractivity contribution in [1.82, 2.24) is 14.7 Å². The first-order valence-corrected chi connectivity index (χ1v) is 7.00. The maximum atomic E-state index is 12.3. The van der Waals surface area contributed by atoms with Gasteiger partial charge in [-0.25, -0.2) is 0 Å². The zero-order valence-corrected chi connectivity index (χ0v) is 12.8. The summed E-state index contributed by atoms with van der Waals surface area (Å²) in [6.45, 7) is 3.24. The van der Waals surface area contributed by atoms with Crippen LogP contribution in [0.15, 0.2) is 30.5 Å². The molecule has 4 nitrogen and oxygen atoms in total. The van der Waals surface area contributed by atoms with Crippen LogP contribution < -0.4 is 0 Å². The van der Waals surface area contributed by atoms with Crippen molar-refractivity contribution in [2.24, 2.45) is 0 Å². The number of nitrogens with zero attached hydrogens (tertiary/aromatic N) is 3. The van der Waals surface area contributed by atoms with Crippen LogP contribution in [0.3, 0.4) is 0 Å². The Morgan fingerprint density at radius 1 is 1.35 bits per heavy atom. The number of aryl methyl sites for hydroxylation is 1. The number of carbonyl (C=O) groups excluding carboxylic acids is 1. The Balaban J connectivity index is 2.14. The maximum Gasteiger partial charge on any atom is 0.255 e. The first-order valence-electron chi connectivity index (χ1n) is 6.24. The van der Waals surface area contributed by atoms with E-state index in [1.54, 1.807) is 30.1 Å². The molecule has 0 aliphatic heterocycles. The second-order valence-corrected chi connectivity index (χ2v) is 5.21. The van der Waals surface area contributed by atoms with E-state index in [2.05, 4.69) is 5.10 Å². The van der Waals surface area contributed by atoms with Crippen molar-refractivity contribution in [2.45, 2.75) is 20.0 Å². The highest BCUT2D eigenvalue weighted by Gasteiger charge is 2.17. The van der Waals surface area contributed by atoms with Crippen LogP contribution >= 0.6 is 23.2 Å². The minimum Gasteiger partial charge on any atom is -0.336 e. The highest BCUT2D eigenvalue weighted by atomic mass is 35.5. The number of benzene rings is 1. The number of halogens is 2.